The van der Waals surface area contributed by atoms with Crippen LogP contribution < -0.4 is 0 Å². The molecule has 0 bridgehead atoms. The summed E-state index contributed by atoms with van der Waals surface area (Å²) in [5, 5.41) is 19.8. The summed E-state index contributed by atoms with van der Waals surface area (Å²) >= 11 is 7.15. The van der Waals surface area contributed by atoms with E-state index in [4.69, 9.17) is 16.9 Å². The van der Waals surface area contributed by atoms with Crippen molar-refractivity contribution in [1.82, 2.24) is 0 Å². The van der Waals surface area contributed by atoms with E-state index in [0.717, 1.165) is 11.3 Å². The molecule has 0 fully saturated rings. The zero-order chi connectivity index (χ0) is 12.8. The third kappa shape index (κ3) is 3.91. The van der Waals surface area contributed by atoms with Crippen LogP contribution in [0.2, 0.25) is 0 Å². The third-order valence-corrected chi connectivity index (χ3v) is 3.60. The van der Waals surface area contributed by atoms with E-state index in [1.807, 2.05) is 13.0 Å². The number of nitriles is 1. The third-order valence-electron chi connectivity index (χ3n) is 2.14. The summed E-state index contributed by atoms with van der Waals surface area (Å²) in [4.78, 5) is 10.8. The van der Waals surface area contributed by atoms with Gasteiger partial charge in [0.15, 0.2) is 0 Å². The molecule has 1 unspecified atom stereocenters. The number of rotatable bonds is 5. The molecule has 0 heterocycles. The van der Waals surface area contributed by atoms with E-state index in [0.29, 0.717) is 11.4 Å². The summed E-state index contributed by atoms with van der Waals surface area (Å²) in [5.74, 6) is 0.559. The molecule has 0 aliphatic carbocycles. The van der Waals surface area contributed by atoms with Gasteiger partial charge in [0.05, 0.1) is 10.5 Å². The van der Waals surface area contributed by atoms with Gasteiger partial charge >= 0.3 is 0 Å². The van der Waals surface area contributed by atoms with Gasteiger partial charge < -0.3 is 0 Å². The number of thioether (sulfide) groups is 1. The predicted octanol–water partition coefficient (Wildman–Crippen LogP) is 3.58. The molecule has 4 nitrogen and oxygen atoms in total. The standard InChI is InChI=1S/C11H11ClN2O2S/c1-8(4-5-12)17-11-3-2-10(14(15)16)6-9(11)7-13/h2-3,6,8H,4-5H2,1H3. The van der Waals surface area contributed by atoms with Gasteiger partial charge in [-0.05, 0) is 12.5 Å². The lowest BCUT2D eigenvalue weighted by molar-refractivity contribution is -0.384. The molecule has 17 heavy (non-hydrogen) atoms. The summed E-state index contributed by atoms with van der Waals surface area (Å²) in [6.07, 6.45) is 0.827. The van der Waals surface area contributed by atoms with Crippen molar-refractivity contribution in [2.75, 3.05) is 5.88 Å². The van der Waals surface area contributed by atoms with Crippen LogP contribution in [0.3, 0.4) is 0 Å². The van der Waals surface area contributed by atoms with E-state index in [1.54, 1.807) is 6.07 Å². The van der Waals surface area contributed by atoms with Gasteiger partial charge in [-0.15, -0.1) is 23.4 Å². The lowest BCUT2D eigenvalue weighted by atomic mass is 10.2. The minimum atomic E-state index is -0.503. The van der Waals surface area contributed by atoms with Crippen LogP contribution in [0.25, 0.3) is 0 Å². The van der Waals surface area contributed by atoms with E-state index in [2.05, 4.69) is 0 Å². The van der Waals surface area contributed by atoms with Crippen LogP contribution in [0, 0.1) is 21.4 Å². The fraction of sp³-hybridized carbons (Fsp3) is 0.364. The average molecular weight is 271 g/mol. The highest BCUT2D eigenvalue weighted by Gasteiger charge is 2.13. The summed E-state index contributed by atoms with van der Waals surface area (Å²) in [5.41, 5.74) is 0.279. The van der Waals surface area contributed by atoms with E-state index < -0.39 is 4.92 Å². The van der Waals surface area contributed by atoms with E-state index in [1.165, 1.54) is 23.9 Å². The molecule has 0 spiro atoms. The van der Waals surface area contributed by atoms with E-state index >= 15 is 0 Å². The Morgan fingerprint density at radius 3 is 2.88 bits per heavy atom. The number of nitrogens with zero attached hydrogens (tertiary/aromatic N) is 2. The second-order valence-corrected chi connectivity index (χ2v) is 5.31. The van der Waals surface area contributed by atoms with Crippen molar-refractivity contribution in [3.8, 4) is 6.07 Å². The maximum atomic E-state index is 10.6. The molecule has 1 aromatic carbocycles. The molecule has 0 aliphatic heterocycles. The summed E-state index contributed by atoms with van der Waals surface area (Å²) in [6, 6.07) is 6.31. The molecule has 6 heteroatoms. The number of hydrogen-bond acceptors (Lipinski definition) is 4. The maximum Gasteiger partial charge on any atom is 0.270 e. The number of hydrogen-bond donors (Lipinski definition) is 0. The first-order valence-electron chi connectivity index (χ1n) is 4.99. The fourth-order valence-electron chi connectivity index (χ4n) is 1.25. The van der Waals surface area contributed by atoms with Crippen molar-refractivity contribution < 1.29 is 4.92 Å². The second-order valence-electron chi connectivity index (χ2n) is 3.46. The molecule has 1 aromatic rings. The maximum absolute atomic E-state index is 10.6. The van der Waals surface area contributed by atoms with Crippen LogP contribution in [0.15, 0.2) is 23.1 Å². The molecule has 0 saturated carbocycles. The van der Waals surface area contributed by atoms with Gasteiger partial charge in [-0.2, -0.15) is 5.26 Å². The summed E-state index contributed by atoms with van der Waals surface area (Å²) in [6.45, 7) is 2.01. The van der Waals surface area contributed by atoms with Gasteiger partial charge in [-0.25, -0.2) is 0 Å². The quantitative estimate of drug-likeness (QED) is 0.355. The second kappa shape index (κ2) is 6.48. The Hall–Kier alpha value is -1.25. The highest BCUT2D eigenvalue weighted by molar-refractivity contribution is 8.00. The van der Waals surface area contributed by atoms with Crippen LogP contribution in [0.1, 0.15) is 18.9 Å². The number of halogens is 1. The highest BCUT2D eigenvalue weighted by Crippen LogP contribution is 2.30. The van der Waals surface area contributed by atoms with Gasteiger partial charge in [-0.1, -0.05) is 6.92 Å². The number of non-ortho nitro benzene ring substituents is 1. The summed E-state index contributed by atoms with van der Waals surface area (Å²) in [7, 11) is 0. The van der Waals surface area contributed by atoms with Crippen LogP contribution in [-0.2, 0) is 0 Å². The van der Waals surface area contributed by atoms with Crippen LogP contribution in [0.4, 0.5) is 5.69 Å². The van der Waals surface area contributed by atoms with Crippen molar-refractivity contribution in [1.29, 1.82) is 5.26 Å². The molecule has 0 radical (unpaired) electrons. The van der Waals surface area contributed by atoms with Crippen molar-refractivity contribution in [2.45, 2.75) is 23.5 Å². The Morgan fingerprint density at radius 2 is 2.35 bits per heavy atom. The van der Waals surface area contributed by atoms with Gasteiger partial charge in [0.1, 0.15) is 6.07 Å². The Morgan fingerprint density at radius 1 is 1.65 bits per heavy atom. The lowest BCUT2D eigenvalue weighted by Crippen LogP contribution is -1.98. The average Bonchev–Trinajstić information content (AvgIpc) is 2.29. The van der Waals surface area contributed by atoms with E-state index in [9.17, 15) is 10.1 Å². The molecule has 0 aromatic heterocycles. The molecule has 0 saturated heterocycles. The fourth-order valence-corrected chi connectivity index (χ4v) is 2.76. The minimum Gasteiger partial charge on any atom is -0.258 e. The summed E-state index contributed by atoms with van der Waals surface area (Å²) < 4.78 is 0. The van der Waals surface area contributed by atoms with Crippen LogP contribution in [-0.4, -0.2) is 16.1 Å². The molecule has 90 valence electrons. The Bertz CT molecular complexity index is 459. The molecular formula is C11H11ClN2O2S. The number of nitro benzene ring substituents is 1. The molecule has 0 amide bonds. The Labute approximate surface area is 109 Å². The van der Waals surface area contributed by atoms with Crippen LogP contribution in [0.5, 0.6) is 0 Å². The number of benzene rings is 1. The van der Waals surface area contributed by atoms with Gasteiger partial charge in [0.2, 0.25) is 0 Å². The normalized spacial score (nSPS) is 11.8. The Balaban J connectivity index is 2.94. The molecule has 0 N–H and O–H groups in total. The topological polar surface area (TPSA) is 66.9 Å². The van der Waals surface area contributed by atoms with Crippen molar-refractivity contribution in [3.05, 3.63) is 33.9 Å². The van der Waals surface area contributed by atoms with E-state index in [-0.39, 0.29) is 10.9 Å². The SMILES string of the molecule is CC(CCCl)Sc1ccc([N+](=O)[O-])cc1C#N. The molecule has 1 rings (SSSR count). The monoisotopic (exact) mass is 270 g/mol. The highest BCUT2D eigenvalue weighted by atomic mass is 35.5. The zero-order valence-electron chi connectivity index (χ0n) is 9.22. The minimum absolute atomic E-state index is 0.0594. The Kier molecular flexibility index (Phi) is 5.26. The van der Waals surface area contributed by atoms with Crippen molar-refractivity contribution in [3.63, 3.8) is 0 Å². The molecule has 0 aliphatic rings. The van der Waals surface area contributed by atoms with Gasteiger partial charge in [0.25, 0.3) is 5.69 Å². The molecule has 1 atom stereocenters. The van der Waals surface area contributed by atoms with Gasteiger partial charge in [0, 0.05) is 28.2 Å². The smallest absolute Gasteiger partial charge is 0.258 e. The first kappa shape index (κ1) is 13.8. The van der Waals surface area contributed by atoms with Crippen LogP contribution >= 0.6 is 23.4 Å². The largest absolute Gasteiger partial charge is 0.270 e. The van der Waals surface area contributed by atoms with Crippen molar-refractivity contribution >= 4 is 29.1 Å². The van der Waals surface area contributed by atoms with Gasteiger partial charge in [-0.3, -0.25) is 10.1 Å². The first-order chi connectivity index (χ1) is 8.08. The van der Waals surface area contributed by atoms with Crippen molar-refractivity contribution in [2.24, 2.45) is 0 Å². The number of alkyl halides is 1. The first-order valence-corrected chi connectivity index (χ1v) is 6.41. The zero-order valence-corrected chi connectivity index (χ0v) is 10.8. The molecular weight excluding hydrogens is 260 g/mol. The predicted molar refractivity (Wildman–Crippen MR) is 68.5 cm³/mol. The lowest BCUT2D eigenvalue weighted by Gasteiger charge is -2.10. The number of nitro groups is 1.